The number of hydrogen-bond acceptors (Lipinski definition) is 4. The molecule has 6 nitrogen and oxygen atoms in total. The van der Waals surface area contributed by atoms with Crippen LogP contribution in [0, 0.1) is 0 Å². The Bertz CT molecular complexity index is 782. The van der Waals surface area contributed by atoms with E-state index in [2.05, 4.69) is 0 Å². The van der Waals surface area contributed by atoms with Crippen LogP contribution in [0.3, 0.4) is 0 Å². The predicted molar refractivity (Wildman–Crippen MR) is 94.9 cm³/mol. The number of rotatable bonds is 5. The summed E-state index contributed by atoms with van der Waals surface area (Å²) in [6, 6.07) is 16.6. The number of carboxylic acid groups (broad SMARTS) is 1. The number of carbonyl (C=O) groups excluding carboxylic acids is 1. The van der Waals surface area contributed by atoms with Gasteiger partial charge in [-0.25, -0.2) is 4.79 Å². The third-order valence-electron chi connectivity index (χ3n) is 4.66. The fraction of sp³-hybridized carbons (Fsp3) is 0.300. The van der Waals surface area contributed by atoms with Crippen LogP contribution in [0.1, 0.15) is 28.8 Å². The molecule has 1 fully saturated rings. The number of nitrogens with zero attached hydrogens (tertiary/aromatic N) is 1. The van der Waals surface area contributed by atoms with Gasteiger partial charge in [0.2, 0.25) is 0 Å². The van der Waals surface area contributed by atoms with E-state index in [1.807, 2.05) is 42.5 Å². The monoisotopic (exact) mass is 355 g/mol. The molecule has 1 heterocycles. The summed E-state index contributed by atoms with van der Waals surface area (Å²) < 4.78 is 5.75. The van der Waals surface area contributed by atoms with Crippen molar-refractivity contribution in [2.75, 3.05) is 13.1 Å². The van der Waals surface area contributed by atoms with Gasteiger partial charge in [0.15, 0.2) is 5.60 Å². The molecule has 0 spiro atoms. The molecule has 0 saturated carbocycles. The molecule has 2 aromatic rings. The van der Waals surface area contributed by atoms with Crippen LogP contribution in [0.4, 0.5) is 0 Å². The van der Waals surface area contributed by atoms with Gasteiger partial charge in [0.25, 0.3) is 5.91 Å². The van der Waals surface area contributed by atoms with E-state index < -0.39 is 11.6 Å². The summed E-state index contributed by atoms with van der Waals surface area (Å²) in [5, 5.41) is 19.1. The largest absolute Gasteiger partial charge is 0.489 e. The minimum absolute atomic E-state index is 0.0246. The van der Waals surface area contributed by atoms with Gasteiger partial charge in [0.1, 0.15) is 12.4 Å². The van der Waals surface area contributed by atoms with E-state index in [9.17, 15) is 14.7 Å². The molecule has 3 rings (SSSR count). The van der Waals surface area contributed by atoms with Gasteiger partial charge in [-0.15, -0.1) is 0 Å². The molecule has 0 unspecified atom stereocenters. The van der Waals surface area contributed by atoms with Crippen LogP contribution < -0.4 is 4.74 Å². The molecular formula is C20H21NO5. The lowest BCUT2D eigenvalue weighted by atomic mass is 9.91. The van der Waals surface area contributed by atoms with Gasteiger partial charge in [0.05, 0.1) is 0 Å². The van der Waals surface area contributed by atoms with E-state index >= 15 is 0 Å². The maximum atomic E-state index is 12.9. The van der Waals surface area contributed by atoms with Gasteiger partial charge in [-0.1, -0.05) is 36.4 Å². The van der Waals surface area contributed by atoms with Crippen molar-refractivity contribution in [1.29, 1.82) is 0 Å². The second-order valence-corrected chi connectivity index (χ2v) is 6.39. The molecule has 0 atom stereocenters. The molecule has 0 aromatic heterocycles. The molecule has 0 radical (unpaired) electrons. The van der Waals surface area contributed by atoms with Gasteiger partial charge in [-0.05, 0) is 18.2 Å². The number of aliphatic hydroxyl groups is 1. The molecule has 0 bridgehead atoms. The number of ether oxygens (including phenoxy) is 1. The van der Waals surface area contributed by atoms with Gasteiger partial charge in [-0.2, -0.15) is 0 Å². The number of piperidine rings is 1. The Kier molecular flexibility index (Phi) is 5.23. The number of benzene rings is 2. The first-order chi connectivity index (χ1) is 12.5. The molecule has 1 aliphatic heterocycles. The van der Waals surface area contributed by atoms with Gasteiger partial charge < -0.3 is 19.8 Å². The summed E-state index contributed by atoms with van der Waals surface area (Å²) in [6.07, 6.45) is 0.0491. The second-order valence-electron chi connectivity index (χ2n) is 6.39. The Morgan fingerprint density at radius 3 is 2.27 bits per heavy atom. The summed E-state index contributed by atoms with van der Waals surface area (Å²) in [7, 11) is 0. The highest BCUT2D eigenvalue weighted by Gasteiger charge is 2.40. The van der Waals surface area contributed by atoms with Crippen LogP contribution in [0.25, 0.3) is 0 Å². The number of likely N-dealkylation sites (tertiary alicyclic amines) is 1. The molecule has 6 heteroatoms. The van der Waals surface area contributed by atoms with Crippen LogP contribution in [-0.2, 0) is 11.4 Å². The molecule has 2 N–H and O–H groups in total. The number of carboxylic acids is 1. The zero-order chi connectivity index (χ0) is 18.6. The van der Waals surface area contributed by atoms with Crippen LogP contribution in [0.15, 0.2) is 54.6 Å². The SMILES string of the molecule is O=C(c1ccccc1COc1ccccc1)N1CCC(O)(C(=O)O)CC1. The van der Waals surface area contributed by atoms with Crippen LogP contribution in [0.2, 0.25) is 0 Å². The maximum Gasteiger partial charge on any atom is 0.335 e. The van der Waals surface area contributed by atoms with Crippen LogP contribution in [0.5, 0.6) is 5.75 Å². The van der Waals surface area contributed by atoms with Crippen molar-refractivity contribution in [2.24, 2.45) is 0 Å². The summed E-state index contributed by atoms with van der Waals surface area (Å²) in [4.78, 5) is 25.6. The number of amides is 1. The van der Waals surface area contributed by atoms with Gasteiger partial charge >= 0.3 is 5.97 Å². The van der Waals surface area contributed by atoms with Gasteiger partial charge in [0, 0.05) is 37.1 Å². The van der Waals surface area contributed by atoms with E-state index in [1.54, 1.807) is 17.0 Å². The Labute approximate surface area is 151 Å². The smallest absolute Gasteiger partial charge is 0.335 e. The maximum absolute atomic E-state index is 12.9. The quantitative estimate of drug-likeness (QED) is 0.859. The highest BCUT2D eigenvalue weighted by atomic mass is 16.5. The number of carbonyl (C=O) groups is 2. The lowest BCUT2D eigenvalue weighted by molar-refractivity contribution is -0.162. The minimum Gasteiger partial charge on any atom is -0.489 e. The molecule has 136 valence electrons. The Hall–Kier alpha value is -2.86. The minimum atomic E-state index is -1.74. The molecule has 1 aliphatic rings. The average Bonchev–Trinajstić information content (AvgIpc) is 2.67. The van der Waals surface area contributed by atoms with E-state index in [4.69, 9.17) is 9.84 Å². The molecule has 2 aromatic carbocycles. The van der Waals surface area contributed by atoms with Crippen molar-refractivity contribution in [3.63, 3.8) is 0 Å². The molecule has 1 saturated heterocycles. The van der Waals surface area contributed by atoms with E-state index in [0.29, 0.717) is 5.56 Å². The summed E-state index contributed by atoms with van der Waals surface area (Å²) in [5.41, 5.74) is -0.447. The first kappa shape index (κ1) is 17.9. The van der Waals surface area contributed by atoms with Crippen molar-refractivity contribution in [2.45, 2.75) is 25.0 Å². The average molecular weight is 355 g/mol. The summed E-state index contributed by atoms with van der Waals surface area (Å²) in [6.45, 7) is 0.670. The third kappa shape index (κ3) is 3.86. The molecular weight excluding hydrogens is 334 g/mol. The Morgan fingerprint density at radius 1 is 1.00 bits per heavy atom. The topological polar surface area (TPSA) is 87.1 Å². The number of para-hydroxylation sites is 1. The van der Waals surface area contributed by atoms with E-state index in [0.717, 1.165) is 11.3 Å². The normalized spacial score (nSPS) is 16.1. The highest BCUT2D eigenvalue weighted by molar-refractivity contribution is 5.96. The fourth-order valence-electron chi connectivity index (χ4n) is 3.00. The summed E-state index contributed by atoms with van der Waals surface area (Å²) >= 11 is 0. The van der Waals surface area contributed by atoms with Crippen molar-refractivity contribution in [1.82, 2.24) is 4.90 Å². The number of aliphatic carboxylic acids is 1. The fourth-order valence-corrected chi connectivity index (χ4v) is 3.00. The highest BCUT2D eigenvalue weighted by Crippen LogP contribution is 2.24. The first-order valence-corrected chi connectivity index (χ1v) is 8.50. The van der Waals surface area contributed by atoms with E-state index in [1.165, 1.54) is 0 Å². The van der Waals surface area contributed by atoms with Crippen molar-refractivity contribution < 1.29 is 24.5 Å². The van der Waals surface area contributed by atoms with Crippen molar-refractivity contribution in [3.05, 3.63) is 65.7 Å². The third-order valence-corrected chi connectivity index (χ3v) is 4.66. The predicted octanol–water partition coefficient (Wildman–Crippen LogP) is 2.32. The molecule has 0 aliphatic carbocycles. The second kappa shape index (κ2) is 7.58. The Balaban J connectivity index is 1.69. The van der Waals surface area contributed by atoms with Gasteiger partial charge in [-0.3, -0.25) is 4.79 Å². The van der Waals surface area contributed by atoms with Crippen LogP contribution >= 0.6 is 0 Å². The molecule has 26 heavy (non-hydrogen) atoms. The lowest BCUT2D eigenvalue weighted by Gasteiger charge is -2.35. The standard InChI is InChI=1S/C20H21NO5/c22-18(21-12-10-20(25,11-13-21)19(23)24)17-9-5-4-6-15(17)14-26-16-7-2-1-3-8-16/h1-9,25H,10-14H2,(H,23,24). The lowest BCUT2D eigenvalue weighted by Crippen LogP contribution is -2.51. The molecule has 1 amide bonds. The van der Waals surface area contributed by atoms with Crippen molar-refractivity contribution >= 4 is 11.9 Å². The first-order valence-electron chi connectivity index (χ1n) is 8.50. The van der Waals surface area contributed by atoms with E-state index in [-0.39, 0.29) is 38.4 Å². The van der Waals surface area contributed by atoms with Crippen molar-refractivity contribution in [3.8, 4) is 5.75 Å². The summed E-state index contributed by atoms with van der Waals surface area (Å²) in [5.74, 6) is -0.690. The zero-order valence-corrected chi connectivity index (χ0v) is 14.3. The number of hydrogen-bond donors (Lipinski definition) is 2. The Morgan fingerprint density at radius 2 is 1.62 bits per heavy atom. The zero-order valence-electron chi connectivity index (χ0n) is 14.3. The van der Waals surface area contributed by atoms with Crippen LogP contribution in [-0.4, -0.2) is 45.7 Å².